The predicted octanol–water partition coefficient (Wildman–Crippen LogP) is 2.39. The zero-order chi connectivity index (χ0) is 14.1. The van der Waals surface area contributed by atoms with Crippen molar-refractivity contribution in [2.45, 2.75) is 38.6 Å². The normalized spacial score (nSPS) is 11.9. The number of para-hydroxylation sites is 1. The summed E-state index contributed by atoms with van der Waals surface area (Å²) in [5.74, 6) is 0.883. The Labute approximate surface area is 115 Å². The van der Waals surface area contributed by atoms with Crippen molar-refractivity contribution >= 4 is 5.91 Å². The fourth-order valence-electron chi connectivity index (χ4n) is 2.02. The van der Waals surface area contributed by atoms with Crippen molar-refractivity contribution in [3.05, 3.63) is 29.8 Å². The number of carbonyl (C=O) groups is 1. The minimum atomic E-state index is -0.0434. The van der Waals surface area contributed by atoms with Crippen molar-refractivity contribution in [2.75, 3.05) is 13.7 Å². The first-order valence-electron chi connectivity index (χ1n) is 6.81. The van der Waals surface area contributed by atoms with E-state index in [1.165, 1.54) is 0 Å². The van der Waals surface area contributed by atoms with Gasteiger partial charge in [0, 0.05) is 12.0 Å². The molecule has 19 heavy (non-hydrogen) atoms. The largest absolute Gasteiger partial charge is 0.496 e. The van der Waals surface area contributed by atoms with Gasteiger partial charge in [0.1, 0.15) is 5.75 Å². The van der Waals surface area contributed by atoms with Gasteiger partial charge in [0.15, 0.2) is 0 Å². The molecule has 0 bridgehead atoms. The van der Waals surface area contributed by atoms with Gasteiger partial charge in [-0.15, -0.1) is 0 Å². The third-order valence-electron chi connectivity index (χ3n) is 3.09. The molecular formula is C15H24N2O2. The molecule has 1 amide bonds. The molecule has 4 nitrogen and oxygen atoms in total. The number of methoxy groups -OCH3 is 1. The predicted molar refractivity (Wildman–Crippen MR) is 77.1 cm³/mol. The lowest BCUT2D eigenvalue weighted by atomic mass is 10.1. The van der Waals surface area contributed by atoms with Gasteiger partial charge in [0.2, 0.25) is 5.91 Å². The lowest BCUT2D eigenvalue weighted by molar-refractivity contribution is -0.121. The van der Waals surface area contributed by atoms with E-state index in [9.17, 15) is 4.79 Å². The minimum absolute atomic E-state index is 0.0434. The van der Waals surface area contributed by atoms with Crippen LogP contribution in [0.1, 0.15) is 44.2 Å². The smallest absolute Gasteiger partial charge is 0.220 e. The SMILES string of the molecule is COc1ccccc1C(C)NC(=O)CCCCCN. The van der Waals surface area contributed by atoms with E-state index in [4.69, 9.17) is 10.5 Å². The Bertz CT molecular complexity index is 393. The molecule has 4 heteroatoms. The Kier molecular flexibility index (Phi) is 6.97. The molecule has 0 aliphatic heterocycles. The van der Waals surface area contributed by atoms with Crippen molar-refractivity contribution in [2.24, 2.45) is 5.73 Å². The van der Waals surface area contributed by atoms with E-state index in [-0.39, 0.29) is 11.9 Å². The molecule has 0 aromatic heterocycles. The van der Waals surface area contributed by atoms with Crippen LogP contribution in [0.15, 0.2) is 24.3 Å². The molecule has 0 heterocycles. The molecular weight excluding hydrogens is 240 g/mol. The zero-order valence-corrected chi connectivity index (χ0v) is 11.8. The monoisotopic (exact) mass is 264 g/mol. The van der Waals surface area contributed by atoms with E-state index in [0.29, 0.717) is 13.0 Å². The number of carbonyl (C=O) groups excluding carboxylic acids is 1. The van der Waals surface area contributed by atoms with Crippen LogP contribution in [0.25, 0.3) is 0 Å². The fourth-order valence-corrected chi connectivity index (χ4v) is 2.02. The molecule has 0 saturated heterocycles. The number of nitrogens with two attached hydrogens (primary N) is 1. The molecule has 1 atom stereocenters. The maximum Gasteiger partial charge on any atom is 0.220 e. The van der Waals surface area contributed by atoms with Crippen LogP contribution in [-0.2, 0) is 4.79 Å². The van der Waals surface area contributed by atoms with Crippen molar-refractivity contribution in [1.29, 1.82) is 0 Å². The minimum Gasteiger partial charge on any atom is -0.496 e. The summed E-state index contributed by atoms with van der Waals surface area (Å²) in [6, 6.07) is 7.70. The average Bonchev–Trinajstić information content (AvgIpc) is 2.43. The molecule has 1 aromatic rings. The summed E-state index contributed by atoms with van der Waals surface area (Å²) in [4.78, 5) is 11.8. The van der Waals surface area contributed by atoms with Crippen LogP contribution in [0.2, 0.25) is 0 Å². The second kappa shape index (κ2) is 8.53. The lowest BCUT2D eigenvalue weighted by Gasteiger charge is -2.17. The Morgan fingerprint density at radius 3 is 2.74 bits per heavy atom. The van der Waals surface area contributed by atoms with Crippen LogP contribution in [0, 0.1) is 0 Å². The standard InChI is InChI=1S/C15H24N2O2/c1-12(13-8-5-6-9-14(13)19-2)17-15(18)10-4-3-7-11-16/h5-6,8-9,12H,3-4,7,10-11,16H2,1-2H3,(H,17,18). The van der Waals surface area contributed by atoms with Crippen LogP contribution in [-0.4, -0.2) is 19.6 Å². The summed E-state index contributed by atoms with van der Waals surface area (Å²) < 4.78 is 5.30. The van der Waals surface area contributed by atoms with Crippen LogP contribution in [0.3, 0.4) is 0 Å². The summed E-state index contributed by atoms with van der Waals surface area (Å²) in [7, 11) is 1.64. The number of amides is 1. The number of ether oxygens (including phenoxy) is 1. The summed E-state index contributed by atoms with van der Waals surface area (Å²) >= 11 is 0. The van der Waals surface area contributed by atoms with Gasteiger partial charge in [0.05, 0.1) is 13.2 Å². The van der Waals surface area contributed by atoms with Gasteiger partial charge in [-0.25, -0.2) is 0 Å². The lowest BCUT2D eigenvalue weighted by Crippen LogP contribution is -2.26. The Morgan fingerprint density at radius 1 is 1.32 bits per heavy atom. The molecule has 0 fully saturated rings. The first kappa shape index (κ1) is 15.5. The maximum absolute atomic E-state index is 11.8. The number of nitrogens with one attached hydrogen (secondary N) is 1. The van der Waals surface area contributed by atoms with E-state index in [0.717, 1.165) is 30.6 Å². The average molecular weight is 264 g/mol. The molecule has 0 saturated carbocycles. The molecule has 1 aromatic carbocycles. The molecule has 0 radical (unpaired) electrons. The highest BCUT2D eigenvalue weighted by Crippen LogP contribution is 2.24. The second-order valence-electron chi connectivity index (χ2n) is 4.63. The van der Waals surface area contributed by atoms with Gasteiger partial charge in [-0.2, -0.15) is 0 Å². The van der Waals surface area contributed by atoms with Crippen LogP contribution < -0.4 is 15.8 Å². The summed E-state index contributed by atoms with van der Waals surface area (Å²) in [6.45, 7) is 2.66. The second-order valence-corrected chi connectivity index (χ2v) is 4.63. The fraction of sp³-hybridized carbons (Fsp3) is 0.533. The van der Waals surface area contributed by atoms with Crippen molar-refractivity contribution < 1.29 is 9.53 Å². The van der Waals surface area contributed by atoms with Gasteiger partial charge < -0.3 is 15.8 Å². The molecule has 3 N–H and O–H groups in total. The van der Waals surface area contributed by atoms with E-state index >= 15 is 0 Å². The Balaban J connectivity index is 2.45. The van der Waals surface area contributed by atoms with Crippen LogP contribution >= 0.6 is 0 Å². The number of rotatable bonds is 8. The first-order valence-corrected chi connectivity index (χ1v) is 6.81. The van der Waals surface area contributed by atoms with E-state index in [1.54, 1.807) is 7.11 Å². The van der Waals surface area contributed by atoms with Crippen LogP contribution in [0.5, 0.6) is 5.75 Å². The van der Waals surface area contributed by atoms with Gasteiger partial charge in [-0.05, 0) is 32.4 Å². The third kappa shape index (κ3) is 5.30. The van der Waals surface area contributed by atoms with Crippen molar-refractivity contribution in [3.8, 4) is 5.75 Å². The van der Waals surface area contributed by atoms with Gasteiger partial charge in [-0.1, -0.05) is 24.6 Å². The molecule has 1 unspecified atom stereocenters. The Hall–Kier alpha value is -1.55. The number of benzene rings is 1. The van der Waals surface area contributed by atoms with Crippen LogP contribution in [0.4, 0.5) is 0 Å². The zero-order valence-electron chi connectivity index (χ0n) is 11.8. The van der Waals surface area contributed by atoms with E-state index in [2.05, 4.69) is 5.32 Å². The number of unbranched alkanes of at least 4 members (excludes halogenated alkanes) is 2. The number of hydrogen-bond donors (Lipinski definition) is 2. The van der Waals surface area contributed by atoms with Crippen molar-refractivity contribution in [1.82, 2.24) is 5.32 Å². The third-order valence-corrected chi connectivity index (χ3v) is 3.09. The quantitative estimate of drug-likeness (QED) is 0.709. The highest BCUT2D eigenvalue weighted by molar-refractivity contribution is 5.76. The molecule has 1 rings (SSSR count). The highest BCUT2D eigenvalue weighted by atomic mass is 16.5. The van der Waals surface area contributed by atoms with Crippen molar-refractivity contribution in [3.63, 3.8) is 0 Å². The van der Waals surface area contributed by atoms with E-state index in [1.807, 2.05) is 31.2 Å². The molecule has 0 aliphatic rings. The number of hydrogen-bond acceptors (Lipinski definition) is 3. The summed E-state index contributed by atoms with van der Waals surface area (Å²) in [5, 5.41) is 3.00. The summed E-state index contributed by atoms with van der Waals surface area (Å²) in [5.41, 5.74) is 6.42. The van der Waals surface area contributed by atoms with E-state index < -0.39 is 0 Å². The van der Waals surface area contributed by atoms with Gasteiger partial charge in [0.25, 0.3) is 0 Å². The first-order chi connectivity index (χ1) is 9.19. The Morgan fingerprint density at radius 2 is 2.05 bits per heavy atom. The maximum atomic E-state index is 11.8. The topological polar surface area (TPSA) is 64.3 Å². The van der Waals surface area contributed by atoms with Gasteiger partial charge in [-0.3, -0.25) is 4.79 Å². The highest BCUT2D eigenvalue weighted by Gasteiger charge is 2.12. The molecule has 0 aliphatic carbocycles. The summed E-state index contributed by atoms with van der Waals surface area (Å²) in [6.07, 6.45) is 3.43. The molecule has 0 spiro atoms. The van der Waals surface area contributed by atoms with Gasteiger partial charge >= 0.3 is 0 Å². The molecule has 106 valence electrons.